The van der Waals surface area contributed by atoms with Crippen LogP contribution in [0.15, 0.2) is 64.8 Å². The van der Waals surface area contributed by atoms with Crippen LogP contribution in [0.3, 0.4) is 0 Å². The highest BCUT2D eigenvalue weighted by Crippen LogP contribution is 2.41. The summed E-state index contributed by atoms with van der Waals surface area (Å²) in [6, 6.07) is 14.2. The Morgan fingerprint density at radius 1 is 1.05 bits per heavy atom. The molecule has 1 fully saturated rings. The third-order valence-corrected chi connectivity index (χ3v) is 7.64. The largest absolute Gasteiger partial charge is 0.468 e. The zero-order chi connectivity index (χ0) is 30.1. The van der Waals surface area contributed by atoms with Crippen LogP contribution in [-0.4, -0.2) is 55.8 Å². The van der Waals surface area contributed by atoms with Gasteiger partial charge in [-0.15, -0.1) is 0 Å². The Balaban J connectivity index is 1.36. The lowest BCUT2D eigenvalue weighted by Crippen LogP contribution is -2.36. The lowest BCUT2D eigenvalue weighted by atomic mass is 9.75. The normalized spacial score (nSPS) is 20.5. The number of esters is 2. The molecule has 0 aromatic heterocycles. The second-order valence-corrected chi connectivity index (χ2v) is 10.6. The quantitative estimate of drug-likeness (QED) is 0.140. The molecular formula is C32H38N2O8. The van der Waals surface area contributed by atoms with Crippen LogP contribution in [0.2, 0.25) is 0 Å². The van der Waals surface area contributed by atoms with Crippen LogP contribution in [0.25, 0.3) is 0 Å². The third-order valence-electron chi connectivity index (χ3n) is 7.64. The molecule has 0 aliphatic carbocycles. The molecule has 2 aromatic carbocycles. The van der Waals surface area contributed by atoms with Gasteiger partial charge in [-0.2, -0.15) is 0 Å². The number of carbonyl (C=O) groups excluding carboxylic acids is 2. The smallest absolute Gasteiger partial charge is 0.336 e. The average molecular weight is 579 g/mol. The van der Waals surface area contributed by atoms with Crippen molar-refractivity contribution in [3.63, 3.8) is 0 Å². The summed E-state index contributed by atoms with van der Waals surface area (Å²) >= 11 is 0. The van der Waals surface area contributed by atoms with Crippen molar-refractivity contribution >= 4 is 23.3 Å². The molecule has 10 heteroatoms. The van der Waals surface area contributed by atoms with E-state index in [1.807, 2.05) is 0 Å². The van der Waals surface area contributed by atoms with Crippen LogP contribution in [0.1, 0.15) is 62.1 Å². The van der Waals surface area contributed by atoms with Crippen molar-refractivity contribution in [2.24, 2.45) is 10.9 Å². The molecule has 0 amide bonds. The first-order valence-electron chi connectivity index (χ1n) is 14.3. The molecule has 0 bridgehead atoms. The van der Waals surface area contributed by atoms with Gasteiger partial charge in [0.15, 0.2) is 6.29 Å². The van der Waals surface area contributed by atoms with Crippen LogP contribution in [0, 0.1) is 16.0 Å². The van der Waals surface area contributed by atoms with Crippen molar-refractivity contribution in [2.75, 3.05) is 26.9 Å². The summed E-state index contributed by atoms with van der Waals surface area (Å²) in [4.78, 5) is 41.6. The van der Waals surface area contributed by atoms with E-state index in [4.69, 9.17) is 18.9 Å². The van der Waals surface area contributed by atoms with Crippen molar-refractivity contribution in [1.29, 1.82) is 0 Å². The number of hydrogen-bond acceptors (Lipinski definition) is 9. The van der Waals surface area contributed by atoms with E-state index < -0.39 is 28.7 Å². The van der Waals surface area contributed by atoms with Crippen LogP contribution in [0.5, 0.6) is 0 Å². The maximum Gasteiger partial charge on any atom is 0.336 e. The second kappa shape index (κ2) is 14.8. The van der Waals surface area contributed by atoms with Crippen molar-refractivity contribution in [3.8, 4) is 0 Å². The van der Waals surface area contributed by atoms with E-state index in [9.17, 15) is 19.7 Å². The fourth-order valence-corrected chi connectivity index (χ4v) is 5.47. The first-order chi connectivity index (χ1) is 20.3. The molecule has 42 heavy (non-hydrogen) atoms. The highest BCUT2D eigenvalue weighted by molar-refractivity contribution is 6.07. The van der Waals surface area contributed by atoms with Gasteiger partial charge in [0.05, 0.1) is 30.8 Å². The van der Waals surface area contributed by atoms with E-state index in [-0.39, 0.29) is 24.2 Å². The maximum atomic E-state index is 13.4. The number of nitrogens with zero attached hydrogens (tertiary/aromatic N) is 2. The number of nitro benzene ring substituents is 1. The topological polar surface area (TPSA) is 127 Å². The van der Waals surface area contributed by atoms with E-state index in [2.05, 4.69) is 29.3 Å². The second-order valence-electron chi connectivity index (χ2n) is 10.6. The fraction of sp³-hybridized carbons (Fsp3) is 0.469. The Kier molecular flexibility index (Phi) is 11.0. The zero-order valence-corrected chi connectivity index (χ0v) is 24.4. The number of carbonyl (C=O) groups is 2. The molecule has 0 saturated carbocycles. The van der Waals surface area contributed by atoms with Crippen molar-refractivity contribution in [2.45, 2.75) is 64.6 Å². The summed E-state index contributed by atoms with van der Waals surface area (Å²) in [6.45, 7) is 4.91. The molecule has 10 nitrogen and oxygen atoms in total. The van der Waals surface area contributed by atoms with Gasteiger partial charge in [0, 0.05) is 36.1 Å². The number of aliphatic imine (C=N–C) groups is 1. The van der Waals surface area contributed by atoms with Gasteiger partial charge in [-0.05, 0) is 69.1 Å². The van der Waals surface area contributed by atoms with E-state index in [1.165, 1.54) is 30.9 Å². The summed E-state index contributed by atoms with van der Waals surface area (Å²) in [6.07, 6.45) is 5.24. The Morgan fingerprint density at radius 2 is 1.79 bits per heavy atom. The molecule has 2 aliphatic heterocycles. The third kappa shape index (κ3) is 7.89. The molecule has 4 rings (SSSR count). The number of ether oxygens (including phenoxy) is 4. The Hall–Kier alpha value is -3.89. The molecule has 0 N–H and O–H groups in total. The van der Waals surface area contributed by atoms with Crippen LogP contribution in [0.4, 0.5) is 5.69 Å². The van der Waals surface area contributed by atoms with Crippen LogP contribution in [-0.2, 0) is 41.4 Å². The van der Waals surface area contributed by atoms with Crippen molar-refractivity contribution in [3.05, 3.63) is 86.6 Å². The summed E-state index contributed by atoms with van der Waals surface area (Å²) in [5, 5.41) is 11.4. The number of allylic oxidation sites excluding steroid dienone is 1. The van der Waals surface area contributed by atoms with E-state index >= 15 is 0 Å². The Bertz CT molecular complexity index is 1330. The maximum absolute atomic E-state index is 13.4. The summed E-state index contributed by atoms with van der Waals surface area (Å²) in [5.74, 6) is -2.93. The molecule has 0 radical (unpaired) electrons. The highest BCUT2D eigenvalue weighted by Gasteiger charge is 2.42. The van der Waals surface area contributed by atoms with Crippen molar-refractivity contribution in [1.82, 2.24) is 0 Å². The molecule has 0 spiro atoms. The van der Waals surface area contributed by atoms with Gasteiger partial charge in [0.25, 0.3) is 5.69 Å². The molecule has 224 valence electrons. The molecular weight excluding hydrogens is 540 g/mol. The Morgan fingerprint density at radius 3 is 2.45 bits per heavy atom. The fourth-order valence-electron chi connectivity index (χ4n) is 5.47. The molecule has 2 heterocycles. The van der Waals surface area contributed by atoms with Gasteiger partial charge in [0.1, 0.15) is 5.92 Å². The zero-order valence-electron chi connectivity index (χ0n) is 24.4. The van der Waals surface area contributed by atoms with Gasteiger partial charge >= 0.3 is 11.9 Å². The van der Waals surface area contributed by atoms with Gasteiger partial charge in [-0.1, -0.05) is 36.4 Å². The first kappa shape index (κ1) is 31.1. The number of aryl methyl sites for hydroxylation is 1. The molecule has 3 unspecified atom stereocenters. The van der Waals surface area contributed by atoms with E-state index in [0.717, 1.165) is 37.9 Å². The SMILES string of the molecule is COC(=O)C1C(C)=NC(C)=C(C(=O)OCCCc2ccc(CCOC3CCCCO3)cc2)C1c1cccc([N+](=O)[O-])c1. The molecule has 1 saturated heterocycles. The monoisotopic (exact) mass is 578 g/mol. The average Bonchev–Trinajstić information content (AvgIpc) is 2.99. The number of rotatable bonds is 12. The van der Waals surface area contributed by atoms with Gasteiger partial charge in [0.2, 0.25) is 0 Å². The highest BCUT2D eigenvalue weighted by atomic mass is 16.7. The van der Waals surface area contributed by atoms with Gasteiger partial charge < -0.3 is 18.9 Å². The number of methoxy groups -OCH3 is 1. The predicted molar refractivity (Wildman–Crippen MR) is 156 cm³/mol. The van der Waals surface area contributed by atoms with E-state index in [1.54, 1.807) is 19.9 Å². The lowest BCUT2D eigenvalue weighted by Gasteiger charge is -2.31. The van der Waals surface area contributed by atoms with Crippen LogP contribution < -0.4 is 0 Å². The number of hydrogen-bond donors (Lipinski definition) is 0. The van der Waals surface area contributed by atoms with E-state index in [0.29, 0.717) is 36.4 Å². The van der Waals surface area contributed by atoms with Gasteiger partial charge in [-0.3, -0.25) is 19.9 Å². The lowest BCUT2D eigenvalue weighted by molar-refractivity contribution is -0.384. The minimum Gasteiger partial charge on any atom is -0.468 e. The molecule has 2 aromatic rings. The predicted octanol–water partition coefficient (Wildman–Crippen LogP) is 5.48. The standard InChI is InChI=1S/C32H38N2O8/c1-21-28(31(35)39-3)30(25-9-6-10-26(20-25)34(37)38)29(22(2)33-21)32(36)42-18-7-8-23-12-14-24(15-13-23)16-19-41-27-11-4-5-17-40-27/h6,9-10,12-15,20,27-28,30H,4-5,7-8,11,16-19H2,1-3H3. The first-order valence-corrected chi connectivity index (χ1v) is 14.3. The number of non-ortho nitro benzene ring substituents is 1. The van der Waals surface area contributed by atoms with Crippen LogP contribution >= 0.6 is 0 Å². The van der Waals surface area contributed by atoms with Gasteiger partial charge in [-0.25, -0.2) is 4.79 Å². The summed E-state index contributed by atoms with van der Waals surface area (Å²) < 4.78 is 22.1. The van der Waals surface area contributed by atoms with Crippen molar-refractivity contribution < 1.29 is 33.5 Å². The Labute approximate surface area is 245 Å². The minimum atomic E-state index is -0.914. The molecule has 2 aliphatic rings. The summed E-state index contributed by atoms with van der Waals surface area (Å²) in [5.41, 5.74) is 3.68. The molecule has 3 atom stereocenters. The number of nitro groups is 1. The number of benzene rings is 2. The minimum absolute atomic E-state index is 0.0856. The summed E-state index contributed by atoms with van der Waals surface area (Å²) in [7, 11) is 1.26.